The van der Waals surface area contributed by atoms with Gasteiger partial charge in [-0.15, -0.1) is 0 Å². The molecule has 0 fully saturated rings. The smallest absolute Gasteiger partial charge is 0.207 e. The molecule has 0 spiro atoms. The van der Waals surface area contributed by atoms with Crippen LogP contribution in [0, 0.1) is 6.92 Å². The molecular weight excluding hydrogens is 250 g/mol. The molecule has 5 nitrogen and oxygen atoms in total. The SMILES string of the molecule is CCCc1nn(C)c2c1nc(N)n2-c1ccccc1C. The maximum absolute atomic E-state index is 6.14. The molecule has 0 bridgehead atoms. The van der Waals surface area contributed by atoms with Crippen molar-refractivity contribution in [3.05, 3.63) is 35.5 Å². The first kappa shape index (κ1) is 12.7. The Morgan fingerprint density at radius 3 is 2.70 bits per heavy atom. The van der Waals surface area contributed by atoms with Crippen molar-refractivity contribution in [3.8, 4) is 5.69 Å². The summed E-state index contributed by atoms with van der Waals surface area (Å²) in [7, 11) is 1.94. The van der Waals surface area contributed by atoms with E-state index < -0.39 is 0 Å². The van der Waals surface area contributed by atoms with Gasteiger partial charge in [0, 0.05) is 7.05 Å². The van der Waals surface area contributed by atoms with E-state index >= 15 is 0 Å². The van der Waals surface area contributed by atoms with E-state index in [1.165, 1.54) is 0 Å². The van der Waals surface area contributed by atoms with E-state index in [0.717, 1.165) is 41.0 Å². The minimum absolute atomic E-state index is 0.514. The fraction of sp³-hybridized carbons (Fsp3) is 0.333. The van der Waals surface area contributed by atoms with Crippen molar-refractivity contribution >= 4 is 17.1 Å². The number of hydrogen-bond acceptors (Lipinski definition) is 3. The standard InChI is InChI=1S/C15H19N5/c1-4-7-11-13-14(19(3)18-11)20(15(16)17-13)12-9-6-5-8-10(12)2/h5-6,8-9H,4,7H2,1-3H3,(H2,16,17). The number of rotatable bonds is 3. The average Bonchev–Trinajstić information content (AvgIpc) is 2.89. The zero-order chi connectivity index (χ0) is 14.3. The Labute approximate surface area is 118 Å². The molecule has 0 amide bonds. The van der Waals surface area contributed by atoms with Crippen LogP contribution in [0.4, 0.5) is 5.95 Å². The van der Waals surface area contributed by atoms with Crippen molar-refractivity contribution in [2.45, 2.75) is 26.7 Å². The lowest BCUT2D eigenvalue weighted by atomic mass is 10.2. The van der Waals surface area contributed by atoms with E-state index in [-0.39, 0.29) is 0 Å². The van der Waals surface area contributed by atoms with Gasteiger partial charge in [-0.1, -0.05) is 31.5 Å². The minimum atomic E-state index is 0.514. The van der Waals surface area contributed by atoms with Crippen LogP contribution in [0.25, 0.3) is 16.9 Å². The number of benzene rings is 1. The fourth-order valence-electron chi connectivity index (χ4n) is 2.65. The Morgan fingerprint density at radius 2 is 2.00 bits per heavy atom. The van der Waals surface area contributed by atoms with Crippen LogP contribution in [-0.2, 0) is 13.5 Å². The van der Waals surface area contributed by atoms with Crippen LogP contribution >= 0.6 is 0 Å². The predicted octanol–water partition coefficient (Wildman–Crippen LogP) is 2.60. The summed E-state index contributed by atoms with van der Waals surface area (Å²) >= 11 is 0. The zero-order valence-electron chi connectivity index (χ0n) is 12.1. The number of para-hydroxylation sites is 1. The van der Waals surface area contributed by atoms with Crippen LogP contribution in [0.3, 0.4) is 0 Å². The van der Waals surface area contributed by atoms with E-state index in [4.69, 9.17) is 5.73 Å². The summed E-state index contributed by atoms with van der Waals surface area (Å²) < 4.78 is 3.85. The van der Waals surface area contributed by atoms with Crippen molar-refractivity contribution in [1.29, 1.82) is 0 Å². The number of anilines is 1. The molecule has 0 saturated carbocycles. The summed E-state index contributed by atoms with van der Waals surface area (Å²) in [5.41, 5.74) is 11.2. The van der Waals surface area contributed by atoms with Crippen molar-refractivity contribution in [2.24, 2.45) is 7.05 Å². The molecular formula is C15H19N5. The average molecular weight is 269 g/mol. The highest BCUT2D eigenvalue weighted by molar-refractivity contribution is 5.80. The second-order valence-corrected chi connectivity index (χ2v) is 5.08. The minimum Gasteiger partial charge on any atom is -0.369 e. The van der Waals surface area contributed by atoms with Gasteiger partial charge in [0.05, 0.1) is 11.4 Å². The van der Waals surface area contributed by atoms with Crippen LogP contribution in [0.5, 0.6) is 0 Å². The van der Waals surface area contributed by atoms with E-state index in [2.05, 4.69) is 36.1 Å². The summed E-state index contributed by atoms with van der Waals surface area (Å²) in [6, 6.07) is 8.16. The Kier molecular flexibility index (Phi) is 2.97. The first-order chi connectivity index (χ1) is 9.63. The van der Waals surface area contributed by atoms with Crippen molar-refractivity contribution in [2.75, 3.05) is 5.73 Å². The molecule has 5 heteroatoms. The molecule has 0 saturated heterocycles. The lowest BCUT2D eigenvalue weighted by molar-refractivity contribution is 0.737. The molecule has 0 aliphatic heterocycles. The van der Waals surface area contributed by atoms with Gasteiger partial charge in [0.15, 0.2) is 5.65 Å². The lowest BCUT2D eigenvalue weighted by Gasteiger charge is -2.09. The Bertz CT molecular complexity index is 766. The highest BCUT2D eigenvalue weighted by atomic mass is 15.3. The Morgan fingerprint density at radius 1 is 1.25 bits per heavy atom. The van der Waals surface area contributed by atoms with E-state index in [1.54, 1.807) is 0 Å². The van der Waals surface area contributed by atoms with E-state index in [1.807, 2.05) is 28.4 Å². The number of fused-ring (bicyclic) bond motifs is 1. The molecule has 0 unspecified atom stereocenters. The van der Waals surface area contributed by atoms with Gasteiger partial charge in [0.2, 0.25) is 5.95 Å². The maximum atomic E-state index is 6.14. The summed E-state index contributed by atoms with van der Waals surface area (Å²) in [5.74, 6) is 0.514. The summed E-state index contributed by atoms with van der Waals surface area (Å²) in [4.78, 5) is 4.53. The molecule has 0 aliphatic rings. The first-order valence-electron chi connectivity index (χ1n) is 6.89. The van der Waals surface area contributed by atoms with E-state index in [0.29, 0.717) is 5.95 Å². The van der Waals surface area contributed by atoms with Crippen LogP contribution in [0.15, 0.2) is 24.3 Å². The van der Waals surface area contributed by atoms with Gasteiger partial charge in [-0.05, 0) is 25.0 Å². The topological polar surface area (TPSA) is 61.7 Å². The van der Waals surface area contributed by atoms with Crippen molar-refractivity contribution in [1.82, 2.24) is 19.3 Å². The van der Waals surface area contributed by atoms with Gasteiger partial charge < -0.3 is 5.73 Å². The quantitative estimate of drug-likeness (QED) is 0.795. The second-order valence-electron chi connectivity index (χ2n) is 5.08. The highest BCUT2D eigenvalue weighted by Gasteiger charge is 2.19. The molecule has 2 heterocycles. The summed E-state index contributed by atoms with van der Waals surface area (Å²) in [5, 5.41) is 4.57. The monoisotopic (exact) mass is 269 g/mol. The first-order valence-corrected chi connectivity index (χ1v) is 6.89. The molecule has 20 heavy (non-hydrogen) atoms. The Hall–Kier alpha value is -2.30. The lowest BCUT2D eigenvalue weighted by Crippen LogP contribution is -2.06. The number of hydrogen-bond donors (Lipinski definition) is 1. The molecule has 0 aliphatic carbocycles. The number of nitrogens with two attached hydrogens (primary N) is 1. The number of nitrogens with zero attached hydrogens (tertiary/aromatic N) is 4. The van der Waals surface area contributed by atoms with Crippen LogP contribution in [-0.4, -0.2) is 19.3 Å². The summed E-state index contributed by atoms with van der Waals surface area (Å²) in [6.07, 6.45) is 1.96. The van der Waals surface area contributed by atoms with Crippen LogP contribution in [0.2, 0.25) is 0 Å². The molecule has 2 aromatic heterocycles. The molecule has 104 valence electrons. The normalized spacial score (nSPS) is 11.3. The third-order valence-corrected chi connectivity index (χ3v) is 3.57. The van der Waals surface area contributed by atoms with Gasteiger partial charge in [-0.25, -0.2) is 9.67 Å². The van der Waals surface area contributed by atoms with E-state index in [9.17, 15) is 0 Å². The Balaban J connectivity index is 2.31. The number of aryl methyl sites for hydroxylation is 3. The fourth-order valence-corrected chi connectivity index (χ4v) is 2.65. The largest absolute Gasteiger partial charge is 0.369 e. The molecule has 0 radical (unpaired) electrons. The van der Waals surface area contributed by atoms with Gasteiger partial charge >= 0.3 is 0 Å². The molecule has 2 N–H and O–H groups in total. The van der Waals surface area contributed by atoms with Gasteiger partial charge in [-0.2, -0.15) is 5.10 Å². The molecule has 3 rings (SSSR count). The van der Waals surface area contributed by atoms with Crippen molar-refractivity contribution in [3.63, 3.8) is 0 Å². The maximum Gasteiger partial charge on any atom is 0.207 e. The number of aromatic nitrogens is 4. The second kappa shape index (κ2) is 4.67. The molecule has 0 atom stereocenters. The van der Waals surface area contributed by atoms with Gasteiger partial charge in [0.25, 0.3) is 0 Å². The van der Waals surface area contributed by atoms with Crippen LogP contribution < -0.4 is 5.73 Å². The third kappa shape index (κ3) is 1.78. The molecule has 3 aromatic rings. The number of imidazole rings is 1. The highest BCUT2D eigenvalue weighted by Crippen LogP contribution is 2.27. The predicted molar refractivity (Wildman–Crippen MR) is 81.0 cm³/mol. The molecule has 1 aromatic carbocycles. The zero-order valence-corrected chi connectivity index (χ0v) is 12.1. The van der Waals surface area contributed by atoms with Gasteiger partial charge in [-0.3, -0.25) is 4.57 Å². The van der Waals surface area contributed by atoms with Gasteiger partial charge in [0.1, 0.15) is 5.52 Å². The third-order valence-electron chi connectivity index (χ3n) is 3.57. The number of nitrogen functional groups attached to an aromatic ring is 1. The van der Waals surface area contributed by atoms with Crippen LogP contribution in [0.1, 0.15) is 24.6 Å². The summed E-state index contributed by atoms with van der Waals surface area (Å²) in [6.45, 7) is 4.21. The van der Waals surface area contributed by atoms with Crippen molar-refractivity contribution < 1.29 is 0 Å².